The molecule has 2 aromatic rings. The van der Waals surface area contributed by atoms with E-state index in [0.717, 1.165) is 23.4 Å². The van der Waals surface area contributed by atoms with E-state index in [1.165, 1.54) is 0 Å². The van der Waals surface area contributed by atoms with E-state index in [-0.39, 0.29) is 5.91 Å². The van der Waals surface area contributed by atoms with Gasteiger partial charge >= 0.3 is 0 Å². The molecule has 8 heteroatoms. The minimum absolute atomic E-state index is 0.0941. The van der Waals surface area contributed by atoms with Crippen molar-refractivity contribution in [3.8, 4) is 0 Å². The van der Waals surface area contributed by atoms with Crippen molar-refractivity contribution in [3.63, 3.8) is 0 Å². The van der Waals surface area contributed by atoms with Gasteiger partial charge in [0.15, 0.2) is 5.65 Å². The lowest BCUT2D eigenvalue weighted by Crippen LogP contribution is -2.51. The summed E-state index contributed by atoms with van der Waals surface area (Å²) in [5.41, 5.74) is 0.789. The number of hydrogen-bond acceptors (Lipinski definition) is 6. The highest BCUT2D eigenvalue weighted by molar-refractivity contribution is 5.90. The molecule has 2 aromatic heterocycles. The zero-order valence-electron chi connectivity index (χ0n) is 13.1. The molecule has 118 valence electrons. The van der Waals surface area contributed by atoms with Crippen molar-refractivity contribution in [3.05, 3.63) is 12.0 Å². The Morgan fingerprint density at radius 2 is 2.14 bits per heavy atom. The van der Waals surface area contributed by atoms with E-state index in [1.54, 1.807) is 18.0 Å². The third kappa shape index (κ3) is 2.61. The second-order valence-corrected chi connectivity index (χ2v) is 5.40. The summed E-state index contributed by atoms with van der Waals surface area (Å²) in [6.45, 7) is 4.79. The lowest BCUT2D eigenvalue weighted by atomic mass is 10.2. The SMILES string of the molecule is COCCN1CCN(c2nc(C)nc3c2cnn3C)CC1=O. The minimum Gasteiger partial charge on any atom is -0.383 e. The average molecular weight is 304 g/mol. The van der Waals surface area contributed by atoms with Crippen molar-refractivity contribution in [1.82, 2.24) is 24.6 Å². The minimum atomic E-state index is 0.0941. The first kappa shape index (κ1) is 14.7. The lowest BCUT2D eigenvalue weighted by Gasteiger charge is -2.35. The third-order valence-electron chi connectivity index (χ3n) is 3.87. The number of aryl methyl sites for hydroxylation is 2. The summed E-state index contributed by atoms with van der Waals surface area (Å²) in [6.07, 6.45) is 1.76. The fourth-order valence-electron chi connectivity index (χ4n) is 2.68. The fraction of sp³-hybridized carbons (Fsp3) is 0.571. The summed E-state index contributed by atoms with van der Waals surface area (Å²) in [5, 5.41) is 5.12. The van der Waals surface area contributed by atoms with Crippen LogP contribution in [-0.4, -0.2) is 70.5 Å². The van der Waals surface area contributed by atoms with Gasteiger partial charge in [0, 0.05) is 33.8 Å². The summed E-state index contributed by atoms with van der Waals surface area (Å²) >= 11 is 0. The van der Waals surface area contributed by atoms with Gasteiger partial charge in [-0.3, -0.25) is 9.48 Å². The van der Waals surface area contributed by atoms with Gasteiger partial charge in [-0.25, -0.2) is 9.97 Å². The first-order valence-electron chi connectivity index (χ1n) is 7.28. The van der Waals surface area contributed by atoms with Crippen LogP contribution >= 0.6 is 0 Å². The Hall–Kier alpha value is -2.22. The van der Waals surface area contributed by atoms with Crippen molar-refractivity contribution >= 4 is 22.8 Å². The van der Waals surface area contributed by atoms with Gasteiger partial charge in [0.25, 0.3) is 0 Å². The summed E-state index contributed by atoms with van der Waals surface area (Å²) in [5.74, 6) is 1.56. The van der Waals surface area contributed by atoms with Gasteiger partial charge in [-0.2, -0.15) is 5.10 Å². The van der Waals surface area contributed by atoms with E-state index in [2.05, 4.69) is 15.1 Å². The number of anilines is 1. The smallest absolute Gasteiger partial charge is 0.242 e. The molecule has 0 saturated carbocycles. The van der Waals surface area contributed by atoms with Crippen LogP contribution < -0.4 is 4.90 Å². The van der Waals surface area contributed by atoms with Gasteiger partial charge in [0.2, 0.25) is 5.91 Å². The number of carbonyl (C=O) groups is 1. The Labute approximate surface area is 128 Å². The number of piperazine rings is 1. The zero-order chi connectivity index (χ0) is 15.7. The van der Waals surface area contributed by atoms with Crippen LogP contribution in [0.2, 0.25) is 0 Å². The molecule has 1 saturated heterocycles. The molecule has 1 amide bonds. The molecular formula is C14H20N6O2. The molecule has 1 aliphatic rings. The molecule has 0 bridgehead atoms. The molecule has 0 aromatic carbocycles. The number of nitrogens with zero attached hydrogens (tertiary/aromatic N) is 6. The van der Waals surface area contributed by atoms with Crippen LogP contribution in [-0.2, 0) is 16.6 Å². The van der Waals surface area contributed by atoms with Crippen LogP contribution in [0.3, 0.4) is 0 Å². The normalized spacial score (nSPS) is 15.9. The lowest BCUT2D eigenvalue weighted by molar-refractivity contribution is -0.131. The highest BCUT2D eigenvalue weighted by Crippen LogP contribution is 2.24. The molecule has 0 aliphatic carbocycles. The highest BCUT2D eigenvalue weighted by Gasteiger charge is 2.26. The largest absolute Gasteiger partial charge is 0.383 e. The Balaban J connectivity index is 1.85. The summed E-state index contributed by atoms with van der Waals surface area (Å²) in [7, 11) is 3.50. The number of rotatable bonds is 4. The zero-order valence-corrected chi connectivity index (χ0v) is 13.1. The van der Waals surface area contributed by atoms with E-state index in [0.29, 0.717) is 32.1 Å². The number of amides is 1. The monoisotopic (exact) mass is 304 g/mol. The number of carbonyl (C=O) groups excluding carboxylic acids is 1. The number of hydrogen-bond donors (Lipinski definition) is 0. The second kappa shape index (κ2) is 5.88. The average Bonchev–Trinajstić information content (AvgIpc) is 2.86. The van der Waals surface area contributed by atoms with Gasteiger partial charge in [-0.1, -0.05) is 0 Å². The first-order chi connectivity index (χ1) is 10.6. The number of fused-ring (bicyclic) bond motifs is 1. The quantitative estimate of drug-likeness (QED) is 0.789. The molecule has 0 atom stereocenters. The van der Waals surface area contributed by atoms with Crippen LogP contribution in [0.1, 0.15) is 5.82 Å². The van der Waals surface area contributed by atoms with E-state index in [9.17, 15) is 4.79 Å². The van der Waals surface area contributed by atoms with Crippen LogP contribution in [0, 0.1) is 6.92 Å². The molecule has 0 radical (unpaired) electrons. The molecule has 3 heterocycles. The van der Waals surface area contributed by atoms with Crippen LogP contribution in [0.15, 0.2) is 6.20 Å². The Bertz CT molecular complexity index is 698. The standard InChI is InChI=1S/C14H20N6O2/c1-10-16-13-11(8-15-18(13)2)14(17-10)20-5-4-19(6-7-22-3)12(21)9-20/h8H,4-7,9H2,1-3H3. The van der Waals surface area contributed by atoms with E-state index in [1.807, 2.05) is 23.8 Å². The highest BCUT2D eigenvalue weighted by atomic mass is 16.5. The van der Waals surface area contributed by atoms with Gasteiger partial charge in [0.1, 0.15) is 11.6 Å². The maximum atomic E-state index is 12.3. The first-order valence-corrected chi connectivity index (χ1v) is 7.28. The predicted molar refractivity (Wildman–Crippen MR) is 81.7 cm³/mol. The summed E-state index contributed by atoms with van der Waals surface area (Å²) in [6, 6.07) is 0. The predicted octanol–water partition coefficient (Wildman–Crippen LogP) is -0.0333. The molecule has 0 unspecified atom stereocenters. The number of ether oxygens (including phenoxy) is 1. The summed E-state index contributed by atoms with van der Waals surface area (Å²) < 4.78 is 6.77. The fourth-order valence-corrected chi connectivity index (χ4v) is 2.68. The van der Waals surface area contributed by atoms with Crippen molar-refractivity contribution in [1.29, 1.82) is 0 Å². The topological polar surface area (TPSA) is 76.4 Å². The summed E-state index contributed by atoms with van der Waals surface area (Å²) in [4.78, 5) is 25.0. The molecular weight excluding hydrogens is 284 g/mol. The maximum absolute atomic E-state index is 12.3. The molecule has 8 nitrogen and oxygen atoms in total. The van der Waals surface area contributed by atoms with Crippen molar-refractivity contribution in [2.75, 3.05) is 44.8 Å². The van der Waals surface area contributed by atoms with Crippen molar-refractivity contribution in [2.45, 2.75) is 6.92 Å². The molecule has 0 N–H and O–H groups in total. The van der Waals surface area contributed by atoms with Crippen LogP contribution in [0.4, 0.5) is 5.82 Å². The van der Waals surface area contributed by atoms with E-state index in [4.69, 9.17) is 4.74 Å². The van der Waals surface area contributed by atoms with Crippen LogP contribution in [0.5, 0.6) is 0 Å². The molecule has 3 rings (SSSR count). The third-order valence-corrected chi connectivity index (χ3v) is 3.87. The van der Waals surface area contributed by atoms with Gasteiger partial charge in [0.05, 0.1) is 24.7 Å². The molecule has 1 fully saturated rings. The molecule has 0 spiro atoms. The number of aromatic nitrogens is 4. The van der Waals surface area contributed by atoms with Gasteiger partial charge in [-0.05, 0) is 6.92 Å². The van der Waals surface area contributed by atoms with E-state index >= 15 is 0 Å². The molecule has 1 aliphatic heterocycles. The maximum Gasteiger partial charge on any atom is 0.242 e. The van der Waals surface area contributed by atoms with Gasteiger partial charge in [-0.15, -0.1) is 0 Å². The van der Waals surface area contributed by atoms with Gasteiger partial charge < -0.3 is 14.5 Å². The Morgan fingerprint density at radius 3 is 2.86 bits per heavy atom. The number of methoxy groups -OCH3 is 1. The Morgan fingerprint density at radius 1 is 1.32 bits per heavy atom. The van der Waals surface area contributed by atoms with Crippen molar-refractivity contribution in [2.24, 2.45) is 7.05 Å². The van der Waals surface area contributed by atoms with Crippen LogP contribution in [0.25, 0.3) is 11.0 Å². The Kier molecular flexibility index (Phi) is 3.93. The molecule has 22 heavy (non-hydrogen) atoms. The second-order valence-electron chi connectivity index (χ2n) is 5.40. The van der Waals surface area contributed by atoms with E-state index < -0.39 is 0 Å². The van der Waals surface area contributed by atoms with Crippen molar-refractivity contribution < 1.29 is 9.53 Å².